The maximum atomic E-state index is 10.9. The van der Waals surface area contributed by atoms with Gasteiger partial charge in [-0.2, -0.15) is 0 Å². The fourth-order valence-corrected chi connectivity index (χ4v) is 2.58. The van der Waals surface area contributed by atoms with E-state index in [4.69, 9.17) is 9.84 Å². The number of carboxylic acid groups (broad SMARTS) is 1. The number of thiophene rings is 1. The zero-order valence-electron chi connectivity index (χ0n) is 11.2. The van der Waals surface area contributed by atoms with E-state index >= 15 is 0 Å². The van der Waals surface area contributed by atoms with Crippen molar-refractivity contribution in [3.63, 3.8) is 0 Å². The molecule has 1 N–H and O–H groups in total. The minimum atomic E-state index is -0.841. The fourth-order valence-electron chi connectivity index (χ4n) is 1.71. The number of aromatic carboxylic acids is 1. The van der Waals surface area contributed by atoms with Crippen LogP contribution >= 0.6 is 11.3 Å². The molecule has 102 valence electrons. The van der Waals surface area contributed by atoms with Crippen LogP contribution in [0.15, 0.2) is 6.07 Å². The molecule has 1 aromatic heterocycles. The molecule has 0 saturated carbocycles. The van der Waals surface area contributed by atoms with Crippen molar-refractivity contribution in [1.82, 2.24) is 4.90 Å². The Labute approximate surface area is 112 Å². The summed E-state index contributed by atoms with van der Waals surface area (Å²) in [6, 6.07) is 1.78. The van der Waals surface area contributed by atoms with Crippen LogP contribution in [0.4, 0.5) is 0 Å². The van der Waals surface area contributed by atoms with Crippen LogP contribution in [0.5, 0.6) is 0 Å². The second-order valence-electron chi connectivity index (χ2n) is 4.06. The van der Waals surface area contributed by atoms with Gasteiger partial charge in [0.2, 0.25) is 0 Å². The molecule has 1 aromatic rings. The molecular formula is C13H21NO3S. The maximum Gasteiger partial charge on any atom is 0.345 e. The molecule has 1 heterocycles. The van der Waals surface area contributed by atoms with Crippen molar-refractivity contribution in [3.05, 3.63) is 21.4 Å². The lowest BCUT2D eigenvalue weighted by atomic mass is 10.2. The Bertz CT molecular complexity index is 390. The number of likely N-dealkylation sites (N-methyl/N-ethyl adjacent to an activating group) is 1. The van der Waals surface area contributed by atoms with Crippen molar-refractivity contribution >= 4 is 17.3 Å². The zero-order valence-corrected chi connectivity index (χ0v) is 12.0. The Morgan fingerprint density at radius 3 is 2.72 bits per heavy atom. The molecule has 0 aliphatic rings. The summed E-state index contributed by atoms with van der Waals surface area (Å²) >= 11 is 1.35. The quantitative estimate of drug-likeness (QED) is 0.738. The minimum Gasteiger partial charge on any atom is -0.477 e. The number of aryl methyl sites for hydroxylation is 1. The first-order chi connectivity index (χ1) is 8.58. The maximum absolute atomic E-state index is 10.9. The number of hydrogen-bond donors (Lipinski definition) is 1. The Morgan fingerprint density at radius 2 is 2.22 bits per heavy atom. The highest BCUT2D eigenvalue weighted by Crippen LogP contribution is 2.22. The number of nitrogens with zero attached hydrogens (tertiary/aromatic N) is 1. The van der Waals surface area contributed by atoms with Gasteiger partial charge in [0.05, 0.1) is 6.61 Å². The van der Waals surface area contributed by atoms with E-state index in [9.17, 15) is 4.79 Å². The van der Waals surface area contributed by atoms with E-state index in [1.165, 1.54) is 11.3 Å². The molecule has 5 heteroatoms. The molecule has 1 rings (SSSR count). The molecule has 0 unspecified atom stereocenters. The summed E-state index contributed by atoms with van der Waals surface area (Å²) in [5.41, 5.74) is 1.11. The van der Waals surface area contributed by atoms with Crippen molar-refractivity contribution in [2.75, 3.05) is 26.3 Å². The van der Waals surface area contributed by atoms with E-state index in [0.717, 1.165) is 43.3 Å². The fraction of sp³-hybridized carbons (Fsp3) is 0.615. The van der Waals surface area contributed by atoms with Crippen molar-refractivity contribution in [2.24, 2.45) is 0 Å². The summed E-state index contributed by atoms with van der Waals surface area (Å²) in [4.78, 5) is 14.7. The van der Waals surface area contributed by atoms with Crippen molar-refractivity contribution in [3.8, 4) is 0 Å². The van der Waals surface area contributed by atoms with Gasteiger partial charge in [0.15, 0.2) is 0 Å². The summed E-state index contributed by atoms with van der Waals surface area (Å²) in [6.07, 6.45) is 0. The molecule has 0 fully saturated rings. The third-order valence-electron chi connectivity index (χ3n) is 2.83. The number of rotatable bonds is 8. The molecule has 0 saturated heterocycles. The van der Waals surface area contributed by atoms with Gasteiger partial charge in [-0.15, -0.1) is 11.3 Å². The lowest BCUT2D eigenvalue weighted by molar-refractivity contribution is 0.0702. The monoisotopic (exact) mass is 271 g/mol. The van der Waals surface area contributed by atoms with Gasteiger partial charge in [-0.05, 0) is 32.0 Å². The Morgan fingerprint density at radius 1 is 1.50 bits per heavy atom. The third-order valence-corrected chi connectivity index (χ3v) is 3.91. The normalized spacial score (nSPS) is 11.1. The molecule has 18 heavy (non-hydrogen) atoms. The average molecular weight is 271 g/mol. The molecule has 0 bridgehead atoms. The lowest BCUT2D eigenvalue weighted by Crippen LogP contribution is -2.27. The van der Waals surface area contributed by atoms with Crippen LogP contribution in [-0.4, -0.2) is 42.3 Å². The first kappa shape index (κ1) is 15.1. The molecule has 0 aromatic carbocycles. The number of ether oxygens (including phenoxy) is 1. The van der Waals surface area contributed by atoms with Crippen LogP contribution in [0.3, 0.4) is 0 Å². The van der Waals surface area contributed by atoms with Gasteiger partial charge in [-0.25, -0.2) is 4.79 Å². The van der Waals surface area contributed by atoms with Crippen LogP contribution in [0.1, 0.15) is 34.0 Å². The molecule has 0 aliphatic carbocycles. The molecule has 0 spiro atoms. The van der Waals surface area contributed by atoms with E-state index in [1.54, 1.807) is 6.07 Å². The average Bonchev–Trinajstić information content (AvgIpc) is 2.70. The van der Waals surface area contributed by atoms with E-state index in [-0.39, 0.29) is 0 Å². The lowest BCUT2D eigenvalue weighted by Gasteiger charge is -2.20. The van der Waals surface area contributed by atoms with Gasteiger partial charge in [-0.1, -0.05) is 6.92 Å². The molecular weight excluding hydrogens is 250 g/mol. The van der Waals surface area contributed by atoms with Gasteiger partial charge in [-0.3, -0.25) is 4.90 Å². The predicted molar refractivity (Wildman–Crippen MR) is 73.5 cm³/mol. The highest BCUT2D eigenvalue weighted by molar-refractivity contribution is 7.14. The summed E-state index contributed by atoms with van der Waals surface area (Å²) in [5, 5.41) is 8.96. The summed E-state index contributed by atoms with van der Waals surface area (Å²) in [7, 11) is 0. The molecule has 4 nitrogen and oxygen atoms in total. The van der Waals surface area contributed by atoms with Crippen molar-refractivity contribution in [2.45, 2.75) is 27.3 Å². The highest BCUT2D eigenvalue weighted by atomic mass is 32.1. The van der Waals surface area contributed by atoms with Gasteiger partial charge in [0.1, 0.15) is 4.88 Å². The minimum absolute atomic E-state index is 0.420. The Hall–Kier alpha value is -0.910. The van der Waals surface area contributed by atoms with Crippen molar-refractivity contribution in [1.29, 1.82) is 0 Å². The standard InChI is InChI=1S/C13H21NO3S/c1-4-14(6-7-17-5-2)9-11-8-12(13(15)16)18-10(11)3/h8H,4-7,9H2,1-3H3,(H,15,16). The van der Waals surface area contributed by atoms with E-state index in [1.807, 2.05) is 13.8 Å². The molecule has 0 aliphatic heterocycles. The number of carbonyl (C=O) groups is 1. The van der Waals surface area contributed by atoms with Crippen LogP contribution in [0.2, 0.25) is 0 Å². The van der Waals surface area contributed by atoms with Crippen LogP contribution in [0, 0.1) is 6.92 Å². The molecule has 0 atom stereocenters. The van der Waals surface area contributed by atoms with Crippen LogP contribution in [-0.2, 0) is 11.3 Å². The second kappa shape index (κ2) is 7.51. The smallest absolute Gasteiger partial charge is 0.345 e. The van der Waals surface area contributed by atoms with Crippen LogP contribution in [0.25, 0.3) is 0 Å². The summed E-state index contributed by atoms with van der Waals surface area (Å²) < 4.78 is 5.34. The molecule has 0 amide bonds. The van der Waals surface area contributed by atoms with E-state index in [2.05, 4.69) is 11.8 Å². The number of carboxylic acids is 1. The van der Waals surface area contributed by atoms with Crippen LogP contribution < -0.4 is 0 Å². The van der Waals surface area contributed by atoms with Gasteiger partial charge >= 0.3 is 5.97 Å². The summed E-state index contributed by atoms with van der Waals surface area (Å²) in [5.74, 6) is -0.841. The van der Waals surface area contributed by atoms with Gasteiger partial charge in [0.25, 0.3) is 0 Å². The molecule has 0 radical (unpaired) electrons. The van der Waals surface area contributed by atoms with E-state index < -0.39 is 5.97 Å². The second-order valence-corrected chi connectivity index (χ2v) is 5.32. The van der Waals surface area contributed by atoms with Gasteiger partial charge in [0, 0.05) is 24.6 Å². The van der Waals surface area contributed by atoms with E-state index in [0.29, 0.717) is 4.88 Å². The Balaban J connectivity index is 2.60. The van der Waals surface area contributed by atoms with Crippen molar-refractivity contribution < 1.29 is 14.6 Å². The number of hydrogen-bond acceptors (Lipinski definition) is 4. The highest BCUT2D eigenvalue weighted by Gasteiger charge is 2.13. The summed E-state index contributed by atoms with van der Waals surface area (Å²) in [6.45, 7) is 10.1. The first-order valence-corrected chi connectivity index (χ1v) is 7.02. The SMILES string of the molecule is CCOCCN(CC)Cc1cc(C(=O)O)sc1C. The predicted octanol–water partition coefficient (Wildman–Crippen LogP) is 2.61. The Kier molecular flexibility index (Phi) is 6.32. The first-order valence-electron chi connectivity index (χ1n) is 6.21. The van der Waals surface area contributed by atoms with Gasteiger partial charge < -0.3 is 9.84 Å². The topological polar surface area (TPSA) is 49.8 Å². The zero-order chi connectivity index (χ0) is 13.5. The third kappa shape index (κ3) is 4.40. The largest absolute Gasteiger partial charge is 0.477 e.